The zero-order valence-electron chi connectivity index (χ0n) is 13.1. The summed E-state index contributed by atoms with van der Waals surface area (Å²) < 4.78 is 38.4. The average Bonchev–Trinajstić information content (AvgIpc) is 3.00. The van der Waals surface area contributed by atoms with Crippen molar-refractivity contribution in [2.45, 2.75) is 24.8 Å². The SMILES string of the molecule is COc1ccc(C)cc1S(=O)(=O)NCc1ccc2c(c1)CCO2. The van der Waals surface area contributed by atoms with Gasteiger partial charge in [0.1, 0.15) is 16.4 Å². The van der Waals surface area contributed by atoms with Crippen LogP contribution in [0.3, 0.4) is 0 Å². The molecule has 0 saturated carbocycles. The first-order valence-electron chi connectivity index (χ1n) is 7.38. The van der Waals surface area contributed by atoms with Gasteiger partial charge in [0.2, 0.25) is 10.0 Å². The van der Waals surface area contributed by atoms with Crippen LogP contribution in [0.5, 0.6) is 11.5 Å². The second-order valence-electron chi connectivity index (χ2n) is 5.52. The molecular weight excluding hydrogens is 314 g/mol. The maximum Gasteiger partial charge on any atom is 0.244 e. The van der Waals surface area contributed by atoms with Crippen molar-refractivity contribution >= 4 is 10.0 Å². The fourth-order valence-corrected chi connectivity index (χ4v) is 3.87. The van der Waals surface area contributed by atoms with Crippen LogP contribution < -0.4 is 14.2 Å². The van der Waals surface area contributed by atoms with E-state index in [0.29, 0.717) is 12.4 Å². The summed E-state index contributed by atoms with van der Waals surface area (Å²) in [6.45, 7) is 2.76. The third-order valence-corrected chi connectivity index (χ3v) is 5.25. The van der Waals surface area contributed by atoms with Crippen molar-refractivity contribution in [1.82, 2.24) is 4.72 Å². The Kier molecular flexibility index (Phi) is 4.28. The van der Waals surface area contributed by atoms with Crippen LogP contribution >= 0.6 is 0 Å². The van der Waals surface area contributed by atoms with Crippen molar-refractivity contribution in [3.05, 3.63) is 53.1 Å². The van der Waals surface area contributed by atoms with Crippen LogP contribution in [-0.4, -0.2) is 22.1 Å². The Morgan fingerprint density at radius 2 is 2.04 bits per heavy atom. The molecule has 0 unspecified atom stereocenters. The van der Waals surface area contributed by atoms with E-state index >= 15 is 0 Å². The number of sulfonamides is 1. The van der Waals surface area contributed by atoms with Crippen LogP contribution in [0.2, 0.25) is 0 Å². The average molecular weight is 333 g/mol. The molecule has 2 aromatic carbocycles. The smallest absolute Gasteiger partial charge is 0.244 e. The van der Waals surface area contributed by atoms with Crippen molar-refractivity contribution in [1.29, 1.82) is 0 Å². The molecule has 0 fully saturated rings. The van der Waals surface area contributed by atoms with Crippen molar-refractivity contribution < 1.29 is 17.9 Å². The van der Waals surface area contributed by atoms with Crippen LogP contribution in [0.1, 0.15) is 16.7 Å². The van der Waals surface area contributed by atoms with Crippen LogP contribution in [0.4, 0.5) is 0 Å². The Balaban J connectivity index is 1.80. The van der Waals surface area contributed by atoms with Crippen LogP contribution in [0, 0.1) is 6.92 Å². The number of aryl methyl sites for hydroxylation is 1. The minimum atomic E-state index is -3.64. The molecule has 0 aliphatic carbocycles. The van der Waals surface area contributed by atoms with Gasteiger partial charge in [-0.25, -0.2) is 13.1 Å². The number of methoxy groups -OCH3 is 1. The second kappa shape index (κ2) is 6.22. The highest BCUT2D eigenvalue weighted by atomic mass is 32.2. The van der Waals surface area contributed by atoms with Crippen molar-refractivity contribution in [3.8, 4) is 11.5 Å². The zero-order valence-corrected chi connectivity index (χ0v) is 13.9. The molecule has 0 atom stereocenters. The standard InChI is InChI=1S/C17H19NO4S/c1-12-3-5-16(21-2)17(9-12)23(19,20)18-11-13-4-6-15-14(10-13)7-8-22-15/h3-6,9-10,18H,7-8,11H2,1-2H3. The molecule has 1 N–H and O–H groups in total. The van der Waals surface area contributed by atoms with Crippen molar-refractivity contribution in [3.63, 3.8) is 0 Å². The Labute approximate surface area is 136 Å². The summed E-state index contributed by atoms with van der Waals surface area (Å²) in [5.41, 5.74) is 2.89. The molecule has 122 valence electrons. The number of hydrogen-bond acceptors (Lipinski definition) is 4. The molecular formula is C17H19NO4S. The van der Waals surface area contributed by atoms with Crippen molar-refractivity contribution in [2.24, 2.45) is 0 Å². The van der Waals surface area contributed by atoms with E-state index in [4.69, 9.17) is 9.47 Å². The fraction of sp³-hybridized carbons (Fsp3) is 0.294. The molecule has 6 heteroatoms. The monoisotopic (exact) mass is 333 g/mol. The lowest BCUT2D eigenvalue weighted by Gasteiger charge is -2.12. The Hall–Kier alpha value is -2.05. The summed E-state index contributed by atoms with van der Waals surface area (Å²) >= 11 is 0. The minimum Gasteiger partial charge on any atom is -0.495 e. The highest BCUT2D eigenvalue weighted by molar-refractivity contribution is 7.89. The van der Waals surface area contributed by atoms with Gasteiger partial charge in [0.25, 0.3) is 0 Å². The maximum absolute atomic E-state index is 12.6. The fourth-order valence-electron chi connectivity index (χ4n) is 2.60. The highest BCUT2D eigenvalue weighted by Gasteiger charge is 2.20. The first-order chi connectivity index (χ1) is 11.0. The maximum atomic E-state index is 12.6. The van der Waals surface area contributed by atoms with E-state index in [1.54, 1.807) is 12.1 Å². The summed E-state index contributed by atoms with van der Waals surface area (Å²) in [4.78, 5) is 0.157. The van der Waals surface area contributed by atoms with Gasteiger partial charge in [0, 0.05) is 13.0 Å². The van der Waals surface area contributed by atoms with E-state index in [1.807, 2.05) is 31.2 Å². The van der Waals surface area contributed by atoms with Crippen molar-refractivity contribution in [2.75, 3.05) is 13.7 Å². The second-order valence-corrected chi connectivity index (χ2v) is 7.25. The molecule has 0 bridgehead atoms. The lowest BCUT2D eigenvalue weighted by molar-refractivity contribution is 0.357. The summed E-state index contributed by atoms with van der Waals surface area (Å²) in [6, 6.07) is 10.8. The number of hydrogen-bond donors (Lipinski definition) is 1. The molecule has 0 radical (unpaired) electrons. The van der Waals surface area contributed by atoms with Gasteiger partial charge in [-0.3, -0.25) is 0 Å². The van der Waals surface area contributed by atoms with E-state index in [0.717, 1.165) is 28.9 Å². The third-order valence-electron chi connectivity index (χ3n) is 3.83. The van der Waals surface area contributed by atoms with Gasteiger partial charge in [-0.1, -0.05) is 18.2 Å². The lowest BCUT2D eigenvalue weighted by Crippen LogP contribution is -2.24. The van der Waals surface area contributed by atoms with Gasteiger partial charge in [0.05, 0.1) is 13.7 Å². The molecule has 5 nitrogen and oxygen atoms in total. The summed E-state index contributed by atoms with van der Waals surface area (Å²) in [6.07, 6.45) is 0.863. The van der Waals surface area contributed by atoms with Gasteiger partial charge in [-0.15, -0.1) is 0 Å². The van der Waals surface area contributed by atoms with Gasteiger partial charge < -0.3 is 9.47 Å². The van der Waals surface area contributed by atoms with E-state index in [1.165, 1.54) is 7.11 Å². The quantitative estimate of drug-likeness (QED) is 0.913. The largest absolute Gasteiger partial charge is 0.495 e. The van der Waals surface area contributed by atoms with Gasteiger partial charge in [-0.05, 0) is 41.8 Å². The lowest BCUT2D eigenvalue weighted by atomic mass is 10.1. The molecule has 2 aromatic rings. The highest BCUT2D eigenvalue weighted by Crippen LogP contribution is 2.27. The van der Waals surface area contributed by atoms with Gasteiger partial charge >= 0.3 is 0 Å². The molecule has 1 aliphatic rings. The van der Waals surface area contributed by atoms with E-state index in [9.17, 15) is 8.42 Å². The van der Waals surface area contributed by atoms with Crippen LogP contribution in [-0.2, 0) is 23.0 Å². The third kappa shape index (κ3) is 3.33. The summed E-state index contributed by atoms with van der Waals surface area (Å²) in [7, 11) is -2.18. The number of rotatable bonds is 5. The molecule has 0 saturated heterocycles. The van der Waals surface area contributed by atoms with Crippen LogP contribution in [0.25, 0.3) is 0 Å². The number of benzene rings is 2. The van der Waals surface area contributed by atoms with Crippen LogP contribution in [0.15, 0.2) is 41.3 Å². The summed E-state index contributed by atoms with van der Waals surface area (Å²) in [5.74, 6) is 1.22. The zero-order chi connectivity index (χ0) is 16.4. The number of fused-ring (bicyclic) bond motifs is 1. The van der Waals surface area contributed by atoms with Gasteiger partial charge in [0.15, 0.2) is 0 Å². The molecule has 0 spiro atoms. The molecule has 1 aliphatic heterocycles. The predicted octanol–water partition coefficient (Wildman–Crippen LogP) is 2.42. The first-order valence-corrected chi connectivity index (χ1v) is 8.87. The first kappa shape index (κ1) is 15.8. The Bertz CT molecular complexity index is 830. The predicted molar refractivity (Wildman–Crippen MR) is 87.4 cm³/mol. The molecule has 3 rings (SSSR count). The molecule has 23 heavy (non-hydrogen) atoms. The number of nitrogens with one attached hydrogen (secondary N) is 1. The molecule has 0 amide bonds. The molecule has 0 aromatic heterocycles. The van der Waals surface area contributed by atoms with E-state index in [2.05, 4.69) is 4.72 Å². The minimum absolute atomic E-state index is 0.157. The normalized spacial score (nSPS) is 13.5. The van der Waals surface area contributed by atoms with Gasteiger partial charge in [-0.2, -0.15) is 0 Å². The Morgan fingerprint density at radius 3 is 2.83 bits per heavy atom. The Morgan fingerprint density at radius 1 is 1.22 bits per heavy atom. The molecule has 1 heterocycles. The summed E-state index contributed by atoms with van der Waals surface area (Å²) in [5, 5.41) is 0. The number of ether oxygens (including phenoxy) is 2. The van der Waals surface area contributed by atoms with E-state index in [-0.39, 0.29) is 11.4 Å². The topological polar surface area (TPSA) is 64.6 Å². The van der Waals surface area contributed by atoms with E-state index < -0.39 is 10.0 Å².